The van der Waals surface area contributed by atoms with Gasteiger partial charge in [0.2, 0.25) is 0 Å². The minimum Gasteiger partial charge on any atom is -0.393 e. The van der Waals surface area contributed by atoms with Crippen LogP contribution in [0.5, 0.6) is 0 Å². The van der Waals surface area contributed by atoms with E-state index in [1.807, 2.05) is 20.1 Å². The van der Waals surface area contributed by atoms with Crippen molar-refractivity contribution in [3.63, 3.8) is 0 Å². The zero-order valence-electron chi connectivity index (χ0n) is 8.66. The molecule has 1 rings (SSSR count). The second-order valence-electron chi connectivity index (χ2n) is 3.69. The van der Waals surface area contributed by atoms with Crippen molar-refractivity contribution >= 4 is 6.21 Å². The van der Waals surface area contributed by atoms with Crippen molar-refractivity contribution in [3.8, 4) is 0 Å². The average molecular weight is 182 g/mol. The van der Waals surface area contributed by atoms with E-state index in [2.05, 4.69) is 23.2 Å². The van der Waals surface area contributed by atoms with Crippen molar-refractivity contribution in [2.24, 2.45) is 5.16 Å². The Morgan fingerprint density at radius 3 is 3.00 bits per heavy atom. The van der Waals surface area contributed by atoms with E-state index in [9.17, 15) is 0 Å². The van der Waals surface area contributed by atoms with Gasteiger partial charge in [-0.05, 0) is 32.9 Å². The van der Waals surface area contributed by atoms with Crippen LogP contribution in [-0.2, 0) is 4.84 Å². The number of oxime groups is 1. The smallest absolute Gasteiger partial charge is 0.122 e. The number of likely N-dealkylation sites (N-methyl/N-ethyl adjacent to an activating group) is 1. The molecule has 1 aliphatic heterocycles. The Balaban J connectivity index is 2.35. The standard InChI is InChI=1S/C10H18N2O/c1-9(2)13-11-7-10-5-4-6-12(3)8-10/h5,7,9H,4,6,8H2,1-3H3/b11-7+. The summed E-state index contributed by atoms with van der Waals surface area (Å²) in [6, 6.07) is 0. The first-order valence-electron chi connectivity index (χ1n) is 4.75. The molecule has 0 amide bonds. The first kappa shape index (κ1) is 10.3. The monoisotopic (exact) mass is 182 g/mol. The highest BCUT2D eigenvalue weighted by molar-refractivity contribution is 5.78. The molecule has 0 atom stereocenters. The fourth-order valence-corrected chi connectivity index (χ4v) is 1.24. The molecule has 0 aromatic rings. The molecule has 0 aliphatic carbocycles. The first-order chi connectivity index (χ1) is 6.18. The van der Waals surface area contributed by atoms with Crippen molar-refractivity contribution in [2.75, 3.05) is 20.1 Å². The first-order valence-corrected chi connectivity index (χ1v) is 4.75. The molecule has 13 heavy (non-hydrogen) atoms. The summed E-state index contributed by atoms with van der Waals surface area (Å²) in [6.45, 7) is 6.06. The Labute approximate surface area is 80.1 Å². The van der Waals surface area contributed by atoms with Gasteiger partial charge in [-0.2, -0.15) is 0 Å². The number of nitrogens with zero attached hydrogens (tertiary/aromatic N) is 2. The fraction of sp³-hybridized carbons (Fsp3) is 0.700. The van der Waals surface area contributed by atoms with Crippen LogP contribution in [0.4, 0.5) is 0 Å². The SMILES string of the molecule is CC(C)O/N=C/C1=CCCN(C)C1. The average Bonchev–Trinajstić information content (AvgIpc) is 2.03. The summed E-state index contributed by atoms with van der Waals surface area (Å²) in [4.78, 5) is 7.36. The Bertz CT molecular complexity index is 209. The quantitative estimate of drug-likeness (QED) is 0.490. The van der Waals surface area contributed by atoms with Gasteiger partial charge in [0.15, 0.2) is 0 Å². The van der Waals surface area contributed by atoms with E-state index >= 15 is 0 Å². The molecule has 0 aromatic carbocycles. The minimum absolute atomic E-state index is 0.165. The fourth-order valence-electron chi connectivity index (χ4n) is 1.24. The lowest BCUT2D eigenvalue weighted by Gasteiger charge is -2.20. The summed E-state index contributed by atoms with van der Waals surface area (Å²) in [5.74, 6) is 0. The van der Waals surface area contributed by atoms with Gasteiger partial charge in [0.05, 0.1) is 6.21 Å². The van der Waals surface area contributed by atoms with Gasteiger partial charge >= 0.3 is 0 Å². The van der Waals surface area contributed by atoms with Crippen molar-refractivity contribution in [1.29, 1.82) is 0 Å². The molecule has 1 heterocycles. The minimum atomic E-state index is 0.165. The Morgan fingerprint density at radius 1 is 1.62 bits per heavy atom. The molecule has 0 unspecified atom stereocenters. The van der Waals surface area contributed by atoms with Crippen LogP contribution < -0.4 is 0 Å². The summed E-state index contributed by atoms with van der Waals surface area (Å²) < 4.78 is 0. The molecule has 0 aromatic heterocycles. The molecule has 1 aliphatic rings. The van der Waals surface area contributed by atoms with Crippen LogP contribution in [-0.4, -0.2) is 37.4 Å². The van der Waals surface area contributed by atoms with Crippen LogP contribution in [0.2, 0.25) is 0 Å². The molecular formula is C10H18N2O. The second-order valence-corrected chi connectivity index (χ2v) is 3.69. The van der Waals surface area contributed by atoms with Crippen LogP contribution in [0.3, 0.4) is 0 Å². The third-order valence-corrected chi connectivity index (χ3v) is 1.86. The van der Waals surface area contributed by atoms with E-state index in [1.165, 1.54) is 5.57 Å². The zero-order chi connectivity index (χ0) is 9.68. The highest BCUT2D eigenvalue weighted by atomic mass is 16.6. The summed E-state index contributed by atoms with van der Waals surface area (Å²) in [5.41, 5.74) is 1.24. The number of hydrogen-bond acceptors (Lipinski definition) is 3. The van der Waals surface area contributed by atoms with Crippen molar-refractivity contribution in [2.45, 2.75) is 26.4 Å². The van der Waals surface area contributed by atoms with E-state index in [0.29, 0.717) is 0 Å². The largest absolute Gasteiger partial charge is 0.393 e. The lowest BCUT2D eigenvalue weighted by atomic mass is 10.1. The van der Waals surface area contributed by atoms with Gasteiger partial charge in [-0.3, -0.25) is 0 Å². The summed E-state index contributed by atoms with van der Waals surface area (Å²) in [7, 11) is 2.12. The van der Waals surface area contributed by atoms with E-state index in [4.69, 9.17) is 4.84 Å². The maximum atomic E-state index is 5.09. The maximum Gasteiger partial charge on any atom is 0.122 e. The third-order valence-electron chi connectivity index (χ3n) is 1.86. The van der Waals surface area contributed by atoms with Crippen molar-refractivity contribution in [3.05, 3.63) is 11.6 Å². The molecule has 0 fully saturated rings. The second kappa shape index (κ2) is 5.02. The van der Waals surface area contributed by atoms with Gasteiger partial charge in [-0.25, -0.2) is 0 Å². The molecule has 0 saturated carbocycles. The van der Waals surface area contributed by atoms with Crippen LogP contribution >= 0.6 is 0 Å². The van der Waals surface area contributed by atoms with Crippen molar-refractivity contribution in [1.82, 2.24) is 4.90 Å². The Hall–Kier alpha value is -0.830. The highest BCUT2D eigenvalue weighted by Crippen LogP contribution is 2.05. The summed E-state index contributed by atoms with van der Waals surface area (Å²) in [6.07, 6.45) is 5.31. The molecule has 0 N–H and O–H groups in total. The third kappa shape index (κ3) is 4.08. The molecule has 0 bridgehead atoms. The lowest BCUT2D eigenvalue weighted by molar-refractivity contribution is 0.0872. The van der Waals surface area contributed by atoms with Gasteiger partial charge in [0.25, 0.3) is 0 Å². The lowest BCUT2D eigenvalue weighted by Crippen LogP contribution is -2.26. The van der Waals surface area contributed by atoms with E-state index in [-0.39, 0.29) is 6.10 Å². The van der Waals surface area contributed by atoms with Gasteiger partial charge in [-0.1, -0.05) is 11.2 Å². The van der Waals surface area contributed by atoms with Gasteiger partial charge < -0.3 is 9.74 Å². The molecular weight excluding hydrogens is 164 g/mol. The Kier molecular flexibility index (Phi) is 3.96. The zero-order valence-corrected chi connectivity index (χ0v) is 8.66. The van der Waals surface area contributed by atoms with Crippen LogP contribution in [0.15, 0.2) is 16.8 Å². The van der Waals surface area contributed by atoms with Crippen molar-refractivity contribution < 1.29 is 4.84 Å². The molecule has 0 saturated heterocycles. The molecule has 0 spiro atoms. The molecule has 3 nitrogen and oxygen atoms in total. The van der Waals surface area contributed by atoms with Crippen LogP contribution in [0, 0.1) is 0 Å². The highest BCUT2D eigenvalue weighted by Gasteiger charge is 2.05. The molecule has 0 radical (unpaired) electrons. The maximum absolute atomic E-state index is 5.09. The Morgan fingerprint density at radius 2 is 2.38 bits per heavy atom. The van der Waals surface area contributed by atoms with Crippen LogP contribution in [0.25, 0.3) is 0 Å². The van der Waals surface area contributed by atoms with Crippen LogP contribution in [0.1, 0.15) is 20.3 Å². The van der Waals surface area contributed by atoms with Gasteiger partial charge in [0, 0.05) is 13.1 Å². The normalized spacial score (nSPS) is 19.5. The van der Waals surface area contributed by atoms with E-state index in [1.54, 1.807) is 0 Å². The van der Waals surface area contributed by atoms with Gasteiger partial charge in [-0.15, -0.1) is 0 Å². The topological polar surface area (TPSA) is 24.8 Å². The molecule has 74 valence electrons. The predicted molar refractivity (Wildman–Crippen MR) is 54.9 cm³/mol. The summed E-state index contributed by atoms with van der Waals surface area (Å²) >= 11 is 0. The number of rotatable bonds is 3. The predicted octanol–water partition coefficient (Wildman–Crippen LogP) is 1.66. The van der Waals surface area contributed by atoms with Gasteiger partial charge in [0.1, 0.15) is 6.10 Å². The van der Waals surface area contributed by atoms with E-state index in [0.717, 1.165) is 19.5 Å². The van der Waals surface area contributed by atoms with E-state index < -0.39 is 0 Å². The summed E-state index contributed by atoms with van der Waals surface area (Å²) in [5, 5.41) is 3.91. The molecule has 3 heteroatoms. The number of hydrogen-bond donors (Lipinski definition) is 0.